The van der Waals surface area contributed by atoms with Crippen LogP contribution in [-0.2, 0) is 16.1 Å². The summed E-state index contributed by atoms with van der Waals surface area (Å²) in [6.07, 6.45) is 2.16. The Morgan fingerprint density at radius 3 is 2.50 bits per heavy atom. The highest BCUT2D eigenvalue weighted by Gasteiger charge is 2.32. The Labute approximate surface area is 153 Å². The lowest BCUT2D eigenvalue weighted by atomic mass is 10.0. The number of hydrogen-bond acceptors (Lipinski definition) is 5. The molecule has 1 aromatic carbocycles. The van der Waals surface area contributed by atoms with Crippen molar-refractivity contribution in [3.8, 4) is 17.6 Å². The minimum absolute atomic E-state index is 0.0776. The van der Waals surface area contributed by atoms with E-state index in [-0.39, 0.29) is 12.5 Å². The zero-order valence-electron chi connectivity index (χ0n) is 15.6. The van der Waals surface area contributed by atoms with Crippen molar-refractivity contribution in [1.29, 1.82) is 5.26 Å². The highest BCUT2D eigenvalue weighted by Crippen LogP contribution is 2.46. The lowest BCUT2D eigenvalue weighted by Gasteiger charge is -2.11. The SMILES string of the molecule is CCOC(=O)Cn1nc(C2CC2)c(Oc2cc(C)c(C#N)c(C)c2)c1C. The van der Waals surface area contributed by atoms with Gasteiger partial charge in [0.05, 0.1) is 23.9 Å². The van der Waals surface area contributed by atoms with Gasteiger partial charge >= 0.3 is 5.97 Å². The molecular formula is C20H23N3O3. The number of benzene rings is 1. The van der Waals surface area contributed by atoms with E-state index in [0.717, 1.165) is 35.4 Å². The smallest absolute Gasteiger partial charge is 0.327 e. The van der Waals surface area contributed by atoms with Gasteiger partial charge < -0.3 is 9.47 Å². The Kier molecular flexibility index (Phi) is 4.99. The molecule has 0 unspecified atom stereocenters. The molecule has 6 nitrogen and oxygen atoms in total. The molecule has 0 radical (unpaired) electrons. The molecule has 1 saturated carbocycles. The quantitative estimate of drug-likeness (QED) is 0.736. The van der Waals surface area contributed by atoms with Crippen LogP contribution in [0, 0.1) is 32.1 Å². The Morgan fingerprint density at radius 1 is 1.31 bits per heavy atom. The average molecular weight is 353 g/mol. The van der Waals surface area contributed by atoms with Crippen molar-refractivity contribution in [2.24, 2.45) is 0 Å². The Hall–Kier alpha value is -2.81. The van der Waals surface area contributed by atoms with Crippen LogP contribution in [0.3, 0.4) is 0 Å². The summed E-state index contributed by atoms with van der Waals surface area (Å²) >= 11 is 0. The van der Waals surface area contributed by atoms with Crippen LogP contribution in [0.1, 0.15) is 53.8 Å². The van der Waals surface area contributed by atoms with Gasteiger partial charge in [0.1, 0.15) is 18.0 Å². The molecule has 0 aliphatic heterocycles. The number of esters is 1. The second kappa shape index (κ2) is 7.20. The maximum atomic E-state index is 11.8. The Bertz CT molecular complexity index is 865. The van der Waals surface area contributed by atoms with Crippen LogP contribution in [0.4, 0.5) is 0 Å². The summed E-state index contributed by atoms with van der Waals surface area (Å²) in [5, 5.41) is 13.8. The number of carbonyl (C=O) groups is 1. The first-order valence-corrected chi connectivity index (χ1v) is 8.86. The molecule has 2 aromatic rings. The number of rotatable bonds is 6. The summed E-state index contributed by atoms with van der Waals surface area (Å²) in [6.45, 7) is 7.91. The van der Waals surface area contributed by atoms with Gasteiger partial charge in [-0.15, -0.1) is 0 Å². The average Bonchev–Trinajstić information content (AvgIpc) is 3.37. The highest BCUT2D eigenvalue weighted by molar-refractivity contribution is 5.69. The van der Waals surface area contributed by atoms with Gasteiger partial charge in [0, 0.05) is 5.92 Å². The largest absolute Gasteiger partial charge is 0.465 e. The van der Waals surface area contributed by atoms with E-state index in [2.05, 4.69) is 11.2 Å². The molecule has 1 aliphatic carbocycles. The maximum Gasteiger partial charge on any atom is 0.327 e. The van der Waals surface area contributed by atoms with Gasteiger partial charge in [0.25, 0.3) is 0 Å². The molecule has 136 valence electrons. The van der Waals surface area contributed by atoms with Crippen LogP contribution in [0.2, 0.25) is 0 Å². The molecule has 0 N–H and O–H groups in total. The number of hydrogen-bond donors (Lipinski definition) is 0. The van der Waals surface area contributed by atoms with Gasteiger partial charge in [-0.2, -0.15) is 10.4 Å². The minimum Gasteiger partial charge on any atom is -0.465 e. The van der Waals surface area contributed by atoms with E-state index in [1.54, 1.807) is 11.6 Å². The molecule has 3 rings (SSSR count). The summed E-state index contributed by atoms with van der Waals surface area (Å²) in [5.41, 5.74) is 4.14. The number of aryl methyl sites for hydroxylation is 2. The topological polar surface area (TPSA) is 77.1 Å². The number of carbonyl (C=O) groups excluding carboxylic acids is 1. The zero-order chi connectivity index (χ0) is 18.8. The summed E-state index contributed by atoms with van der Waals surface area (Å²) in [6, 6.07) is 5.95. The van der Waals surface area contributed by atoms with Crippen molar-refractivity contribution in [3.63, 3.8) is 0 Å². The molecule has 0 spiro atoms. The first kappa shape index (κ1) is 18.0. The summed E-state index contributed by atoms with van der Waals surface area (Å²) in [5.74, 6) is 1.46. The lowest BCUT2D eigenvalue weighted by molar-refractivity contribution is -0.144. The molecule has 0 bridgehead atoms. The predicted molar refractivity (Wildman–Crippen MR) is 96.3 cm³/mol. The minimum atomic E-state index is -0.308. The molecule has 6 heteroatoms. The fourth-order valence-corrected chi connectivity index (χ4v) is 3.06. The fraction of sp³-hybridized carbons (Fsp3) is 0.450. The predicted octanol–water partition coefficient (Wildman–Crippen LogP) is 3.91. The lowest BCUT2D eigenvalue weighted by Crippen LogP contribution is -2.15. The second-order valence-corrected chi connectivity index (χ2v) is 6.68. The molecule has 1 fully saturated rings. The Morgan fingerprint density at radius 2 is 1.96 bits per heavy atom. The molecule has 1 aliphatic rings. The van der Waals surface area contributed by atoms with Crippen molar-refractivity contribution in [3.05, 3.63) is 40.2 Å². The standard InChI is InChI=1S/C20H23N3O3/c1-5-25-18(24)11-23-14(4)20(19(22-23)15-6-7-15)26-16-8-12(2)17(10-21)13(3)9-16/h8-9,15H,5-7,11H2,1-4H3. The summed E-state index contributed by atoms with van der Waals surface area (Å²) < 4.78 is 12.9. The third kappa shape index (κ3) is 3.57. The van der Waals surface area contributed by atoms with Crippen LogP contribution < -0.4 is 4.74 Å². The summed E-state index contributed by atoms with van der Waals surface area (Å²) in [4.78, 5) is 11.8. The van der Waals surface area contributed by atoms with E-state index in [1.165, 1.54) is 0 Å². The molecular weight excluding hydrogens is 330 g/mol. The first-order valence-electron chi connectivity index (χ1n) is 8.86. The number of nitrogens with zero attached hydrogens (tertiary/aromatic N) is 3. The number of ether oxygens (including phenoxy) is 2. The molecule has 0 atom stereocenters. The molecule has 1 heterocycles. The number of nitriles is 1. The first-order chi connectivity index (χ1) is 12.4. The van der Waals surface area contributed by atoms with E-state index < -0.39 is 0 Å². The molecule has 26 heavy (non-hydrogen) atoms. The maximum absolute atomic E-state index is 11.8. The zero-order valence-corrected chi connectivity index (χ0v) is 15.6. The van der Waals surface area contributed by atoms with Crippen molar-refractivity contribution >= 4 is 5.97 Å². The third-order valence-corrected chi connectivity index (χ3v) is 4.56. The van der Waals surface area contributed by atoms with Crippen molar-refractivity contribution in [1.82, 2.24) is 9.78 Å². The van der Waals surface area contributed by atoms with Crippen molar-refractivity contribution in [2.75, 3.05) is 6.61 Å². The van der Waals surface area contributed by atoms with Gasteiger partial charge in [-0.1, -0.05) is 0 Å². The molecule has 0 saturated heterocycles. The monoisotopic (exact) mass is 353 g/mol. The van der Waals surface area contributed by atoms with Crippen LogP contribution in [-0.4, -0.2) is 22.4 Å². The van der Waals surface area contributed by atoms with Gasteiger partial charge in [-0.3, -0.25) is 9.48 Å². The van der Waals surface area contributed by atoms with Crippen LogP contribution >= 0.6 is 0 Å². The van der Waals surface area contributed by atoms with Crippen LogP contribution in [0.5, 0.6) is 11.5 Å². The molecule has 0 amide bonds. The van der Waals surface area contributed by atoms with Gasteiger partial charge in [-0.05, 0) is 63.8 Å². The van der Waals surface area contributed by atoms with Crippen LogP contribution in [0.25, 0.3) is 0 Å². The van der Waals surface area contributed by atoms with E-state index in [9.17, 15) is 10.1 Å². The normalized spacial score (nSPS) is 13.3. The number of aromatic nitrogens is 2. The van der Waals surface area contributed by atoms with Crippen LogP contribution in [0.15, 0.2) is 12.1 Å². The fourth-order valence-electron chi connectivity index (χ4n) is 3.06. The highest BCUT2D eigenvalue weighted by atomic mass is 16.5. The van der Waals surface area contributed by atoms with E-state index in [0.29, 0.717) is 29.6 Å². The van der Waals surface area contributed by atoms with Gasteiger partial charge in [0.2, 0.25) is 0 Å². The molecule has 1 aromatic heterocycles. The van der Waals surface area contributed by atoms with E-state index >= 15 is 0 Å². The van der Waals surface area contributed by atoms with Gasteiger partial charge in [-0.25, -0.2) is 0 Å². The van der Waals surface area contributed by atoms with Crippen molar-refractivity contribution in [2.45, 2.75) is 53.0 Å². The third-order valence-electron chi connectivity index (χ3n) is 4.56. The summed E-state index contributed by atoms with van der Waals surface area (Å²) in [7, 11) is 0. The van der Waals surface area contributed by atoms with Crippen molar-refractivity contribution < 1.29 is 14.3 Å². The second-order valence-electron chi connectivity index (χ2n) is 6.68. The van der Waals surface area contributed by atoms with E-state index in [1.807, 2.05) is 32.9 Å². The Balaban J connectivity index is 1.93. The van der Waals surface area contributed by atoms with Gasteiger partial charge in [0.15, 0.2) is 5.75 Å². The van der Waals surface area contributed by atoms with E-state index in [4.69, 9.17) is 9.47 Å².